The van der Waals surface area contributed by atoms with Gasteiger partial charge >= 0.3 is 0 Å². The molecular weight excluding hydrogens is 352 g/mol. The first-order valence-electron chi connectivity index (χ1n) is 9.34. The molecule has 0 saturated heterocycles. The quantitative estimate of drug-likeness (QED) is 0.618. The van der Waals surface area contributed by atoms with E-state index in [0.717, 1.165) is 28.5 Å². The molecule has 1 amide bonds. The number of amides is 1. The smallest absolute Gasteiger partial charge is 0.251 e. The van der Waals surface area contributed by atoms with Crippen LogP contribution in [0.2, 0.25) is 0 Å². The van der Waals surface area contributed by atoms with Gasteiger partial charge in [0, 0.05) is 24.3 Å². The lowest BCUT2D eigenvalue weighted by Crippen LogP contribution is -2.26. The second-order valence-electron chi connectivity index (χ2n) is 6.51. The zero-order chi connectivity index (χ0) is 19.9. The van der Waals surface area contributed by atoms with Gasteiger partial charge < -0.3 is 15.0 Å². The molecule has 0 radical (unpaired) electrons. The molecule has 3 rings (SSSR count). The second kappa shape index (κ2) is 9.04. The minimum atomic E-state index is -0.150. The third-order valence-electron chi connectivity index (χ3n) is 4.65. The van der Waals surface area contributed by atoms with Crippen molar-refractivity contribution in [3.05, 3.63) is 82.2 Å². The van der Waals surface area contributed by atoms with Crippen molar-refractivity contribution >= 4 is 22.4 Å². The molecule has 0 fully saturated rings. The number of H-pyrrole nitrogens is 1. The molecule has 144 valence electrons. The Hall–Kier alpha value is -3.34. The Morgan fingerprint density at radius 3 is 2.64 bits per heavy atom. The molecule has 5 heteroatoms. The molecule has 0 aliphatic carbocycles. The van der Waals surface area contributed by atoms with Crippen LogP contribution in [0.1, 0.15) is 24.5 Å². The molecule has 1 aromatic heterocycles. The normalized spacial score (nSPS) is 11.4. The Morgan fingerprint density at radius 1 is 1.14 bits per heavy atom. The molecular formula is C23H24N2O3. The topological polar surface area (TPSA) is 71.2 Å². The maximum atomic E-state index is 12.3. The van der Waals surface area contributed by atoms with Gasteiger partial charge in [-0.3, -0.25) is 9.59 Å². The number of nitrogens with one attached hydrogen (secondary N) is 2. The van der Waals surface area contributed by atoms with Crippen LogP contribution in [0.15, 0.2) is 65.5 Å². The number of pyridine rings is 1. The van der Waals surface area contributed by atoms with Gasteiger partial charge in [0.2, 0.25) is 5.91 Å². The van der Waals surface area contributed by atoms with Gasteiger partial charge in [-0.05, 0) is 47.6 Å². The molecule has 0 spiro atoms. The summed E-state index contributed by atoms with van der Waals surface area (Å²) >= 11 is 0. The lowest BCUT2D eigenvalue weighted by Gasteiger charge is -2.07. The molecule has 28 heavy (non-hydrogen) atoms. The summed E-state index contributed by atoms with van der Waals surface area (Å²) in [5.74, 6) is 0.544. The molecule has 0 saturated carbocycles. The van der Waals surface area contributed by atoms with Gasteiger partial charge in [0.05, 0.1) is 12.6 Å². The molecule has 1 heterocycles. The number of carbonyl (C=O) groups excluding carboxylic acids is 1. The van der Waals surface area contributed by atoms with E-state index in [-0.39, 0.29) is 11.5 Å². The highest BCUT2D eigenvalue weighted by Crippen LogP contribution is 2.19. The fourth-order valence-corrected chi connectivity index (χ4v) is 3.11. The zero-order valence-electron chi connectivity index (χ0n) is 16.1. The first-order chi connectivity index (χ1) is 13.6. The minimum absolute atomic E-state index is 0.149. The van der Waals surface area contributed by atoms with Gasteiger partial charge in [0.1, 0.15) is 5.75 Å². The predicted octanol–water partition coefficient (Wildman–Crippen LogP) is 3.69. The number of hydrogen-bond donors (Lipinski definition) is 2. The van der Waals surface area contributed by atoms with Gasteiger partial charge in [-0.2, -0.15) is 0 Å². The Balaban J connectivity index is 1.66. The summed E-state index contributed by atoms with van der Waals surface area (Å²) in [6.07, 6.45) is 2.86. The maximum absolute atomic E-state index is 12.3. The molecule has 0 unspecified atom stereocenters. The first-order valence-corrected chi connectivity index (χ1v) is 9.34. The molecule has 0 bridgehead atoms. The average Bonchev–Trinajstić information content (AvgIpc) is 2.72. The summed E-state index contributed by atoms with van der Waals surface area (Å²) in [4.78, 5) is 27.4. The largest absolute Gasteiger partial charge is 0.497 e. The van der Waals surface area contributed by atoms with Crippen LogP contribution in [0.5, 0.6) is 5.75 Å². The van der Waals surface area contributed by atoms with Gasteiger partial charge in [-0.15, -0.1) is 0 Å². The zero-order valence-corrected chi connectivity index (χ0v) is 16.1. The van der Waals surface area contributed by atoms with E-state index in [1.54, 1.807) is 19.3 Å². The highest BCUT2D eigenvalue weighted by atomic mass is 16.5. The van der Waals surface area contributed by atoms with Crippen molar-refractivity contribution in [2.24, 2.45) is 0 Å². The first kappa shape index (κ1) is 19.4. The van der Waals surface area contributed by atoms with E-state index in [2.05, 4.69) is 10.3 Å². The van der Waals surface area contributed by atoms with E-state index in [0.29, 0.717) is 24.3 Å². The fraction of sp³-hybridized carbons (Fsp3) is 0.217. The average molecular weight is 376 g/mol. The molecule has 5 nitrogen and oxygen atoms in total. The van der Waals surface area contributed by atoms with E-state index in [4.69, 9.17) is 4.74 Å². The van der Waals surface area contributed by atoms with Crippen LogP contribution in [-0.4, -0.2) is 24.5 Å². The van der Waals surface area contributed by atoms with Crippen molar-refractivity contribution < 1.29 is 9.53 Å². The predicted molar refractivity (Wildman–Crippen MR) is 113 cm³/mol. The number of hydrogen-bond acceptors (Lipinski definition) is 3. The van der Waals surface area contributed by atoms with Crippen LogP contribution in [-0.2, 0) is 11.2 Å². The Bertz CT molecular complexity index is 1050. The van der Waals surface area contributed by atoms with Crippen molar-refractivity contribution in [3.8, 4) is 5.75 Å². The number of aromatic nitrogens is 1. The van der Waals surface area contributed by atoms with Crippen molar-refractivity contribution in [2.75, 3.05) is 13.7 Å². The van der Waals surface area contributed by atoms with Gasteiger partial charge in [0.25, 0.3) is 5.56 Å². The Morgan fingerprint density at radius 2 is 1.93 bits per heavy atom. The summed E-state index contributed by atoms with van der Waals surface area (Å²) in [6, 6.07) is 17.3. The summed E-state index contributed by atoms with van der Waals surface area (Å²) < 4.78 is 5.18. The molecule has 0 atom stereocenters. The van der Waals surface area contributed by atoms with Crippen molar-refractivity contribution in [1.82, 2.24) is 10.3 Å². The number of carbonyl (C=O) groups is 1. The number of methoxy groups -OCH3 is 1. The number of rotatable bonds is 7. The van der Waals surface area contributed by atoms with Gasteiger partial charge in [-0.25, -0.2) is 0 Å². The minimum Gasteiger partial charge on any atom is -0.497 e. The molecule has 3 aromatic rings. The standard InChI is InChI=1S/C23H24N2O3/c1-3-16(17-7-5-4-6-8-17)14-22(26)24-12-11-19-13-18-9-10-20(28-2)15-21(18)25-23(19)27/h4-10,13-15H,3,11-12H2,1-2H3,(H,24,26)(H,25,27)/b16-14+. The van der Waals surface area contributed by atoms with Gasteiger partial charge in [0.15, 0.2) is 0 Å². The van der Waals surface area contributed by atoms with Crippen LogP contribution in [0.3, 0.4) is 0 Å². The van der Waals surface area contributed by atoms with Crippen LogP contribution < -0.4 is 15.6 Å². The van der Waals surface area contributed by atoms with E-state index >= 15 is 0 Å². The van der Waals surface area contributed by atoms with Crippen molar-refractivity contribution in [1.29, 1.82) is 0 Å². The monoisotopic (exact) mass is 376 g/mol. The SMILES string of the molecule is CC/C(=C\C(=O)NCCc1cc2ccc(OC)cc2[nH]c1=O)c1ccccc1. The molecule has 2 N–H and O–H groups in total. The maximum Gasteiger partial charge on any atom is 0.251 e. The van der Waals surface area contributed by atoms with E-state index in [1.807, 2.05) is 55.5 Å². The van der Waals surface area contributed by atoms with Crippen LogP contribution in [0.25, 0.3) is 16.5 Å². The van der Waals surface area contributed by atoms with E-state index in [9.17, 15) is 9.59 Å². The molecule has 2 aromatic carbocycles. The number of fused-ring (bicyclic) bond motifs is 1. The third kappa shape index (κ3) is 4.68. The van der Waals surface area contributed by atoms with E-state index < -0.39 is 0 Å². The van der Waals surface area contributed by atoms with Crippen LogP contribution in [0, 0.1) is 0 Å². The summed E-state index contributed by atoms with van der Waals surface area (Å²) in [5, 5.41) is 3.80. The van der Waals surface area contributed by atoms with Gasteiger partial charge in [-0.1, -0.05) is 37.3 Å². The molecule has 0 aliphatic heterocycles. The third-order valence-corrected chi connectivity index (χ3v) is 4.65. The van der Waals surface area contributed by atoms with Crippen LogP contribution in [0.4, 0.5) is 0 Å². The van der Waals surface area contributed by atoms with E-state index in [1.165, 1.54) is 0 Å². The highest BCUT2D eigenvalue weighted by Gasteiger charge is 2.06. The molecule has 0 aliphatic rings. The van der Waals surface area contributed by atoms with Crippen molar-refractivity contribution in [2.45, 2.75) is 19.8 Å². The number of benzene rings is 2. The summed E-state index contributed by atoms with van der Waals surface area (Å²) in [5.41, 5.74) is 3.25. The summed E-state index contributed by atoms with van der Waals surface area (Å²) in [6.45, 7) is 2.42. The lowest BCUT2D eigenvalue weighted by molar-refractivity contribution is -0.116. The number of allylic oxidation sites excluding steroid dienone is 1. The van der Waals surface area contributed by atoms with Crippen LogP contribution >= 0.6 is 0 Å². The fourth-order valence-electron chi connectivity index (χ4n) is 3.11. The second-order valence-corrected chi connectivity index (χ2v) is 6.51. The number of aromatic amines is 1. The summed E-state index contributed by atoms with van der Waals surface area (Å²) in [7, 11) is 1.59. The number of ether oxygens (including phenoxy) is 1. The Kier molecular flexibility index (Phi) is 6.27. The Labute approximate surface area is 164 Å². The lowest BCUT2D eigenvalue weighted by atomic mass is 10.0. The van der Waals surface area contributed by atoms with Crippen molar-refractivity contribution in [3.63, 3.8) is 0 Å². The highest BCUT2D eigenvalue weighted by molar-refractivity contribution is 5.95.